The van der Waals surface area contributed by atoms with E-state index in [4.69, 9.17) is 10.5 Å². The Morgan fingerprint density at radius 2 is 1.88 bits per heavy atom. The van der Waals surface area contributed by atoms with E-state index in [1.165, 1.54) is 24.8 Å². The molecule has 0 radical (unpaired) electrons. The minimum absolute atomic E-state index is 0.0260. The van der Waals surface area contributed by atoms with Gasteiger partial charge >= 0.3 is 0 Å². The molecule has 0 aromatic heterocycles. The van der Waals surface area contributed by atoms with Crippen molar-refractivity contribution in [3.63, 3.8) is 0 Å². The number of methoxy groups -OCH3 is 1. The Morgan fingerprint density at radius 1 is 1.19 bits per heavy atom. The van der Waals surface area contributed by atoms with E-state index in [0.29, 0.717) is 0 Å². The Labute approximate surface area is 98.8 Å². The maximum atomic E-state index is 6.18. The first-order valence-electron chi connectivity index (χ1n) is 6.13. The van der Waals surface area contributed by atoms with Crippen LogP contribution in [0.15, 0.2) is 30.3 Å². The highest BCUT2D eigenvalue weighted by atomic mass is 16.5. The molecule has 0 aliphatic heterocycles. The molecule has 1 aromatic carbocycles. The summed E-state index contributed by atoms with van der Waals surface area (Å²) < 4.78 is 5.50. The predicted octanol–water partition coefficient (Wildman–Crippen LogP) is 3.28. The maximum absolute atomic E-state index is 6.18. The van der Waals surface area contributed by atoms with E-state index >= 15 is 0 Å². The average molecular weight is 221 g/mol. The van der Waals surface area contributed by atoms with E-state index in [1.807, 2.05) is 18.2 Å². The molecule has 0 bridgehead atoms. The largest absolute Gasteiger partial charge is 0.375 e. The number of unbranched alkanes of at least 4 members (excludes halogenated alkanes) is 2. The van der Waals surface area contributed by atoms with Gasteiger partial charge in [-0.25, -0.2) is 0 Å². The summed E-state index contributed by atoms with van der Waals surface area (Å²) in [6, 6.07) is 10.3. The number of rotatable bonds is 7. The maximum Gasteiger partial charge on any atom is 0.0971 e. The van der Waals surface area contributed by atoms with Crippen molar-refractivity contribution in [2.45, 2.75) is 44.8 Å². The molecule has 90 valence electrons. The quantitative estimate of drug-likeness (QED) is 0.717. The molecule has 2 unspecified atom stereocenters. The number of hydrogen-bond donors (Lipinski definition) is 1. The zero-order valence-electron chi connectivity index (χ0n) is 10.4. The van der Waals surface area contributed by atoms with E-state index < -0.39 is 0 Å². The molecular formula is C14H23NO. The van der Waals surface area contributed by atoms with Gasteiger partial charge in [-0.1, -0.05) is 56.5 Å². The van der Waals surface area contributed by atoms with Gasteiger partial charge in [-0.3, -0.25) is 0 Å². The molecule has 0 fully saturated rings. The van der Waals surface area contributed by atoms with Crippen molar-refractivity contribution in [2.24, 2.45) is 5.73 Å². The van der Waals surface area contributed by atoms with Crippen LogP contribution in [0.4, 0.5) is 0 Å². The molecule has 1 aromatic rings. The normalized spacial score (nSPS) is 14.7. The second kappa shape index (κ2) is 7.42. The monoisotopic (exact) mass is 221 g/mol. The van der Waals surface area contributed by atoms with Crippen molar-refractivity contribution >= 4 is 0 Å². The van der Waals surface area contributed by atoms with Crippen LogP contribution in [0.1, 0.15) is 44.3 Å². The second-order valence-electron chi connectivity index (χ2n) is 4.23. The Balaban J connectivity index is 2.53. The summed E-state index contributed by atoms with van der Waals surface area (Å²) in [5, 5.41) is 0. The number of benzene rings is 1. The lowest BCUT2D eigenvalue weighted by atomic mass is 9.98. The molecule has 0 saturated carbocycles. The Kier molecular flexibility index (Phi) is 6.12. The standard InChI is InChI=1S/C14H23NO/c1-3-4-6-11-13(15)14(16-2)12-9-7-5-8-10-12/h5,7-10,13-14H,3-4,6,11,15H2,1-2H3. The van der Waals surface area contributed by atoms with Crippen molar-refractivity contribution in [1.29, 1.82) is 0 Å². The van der Waals surface area contributed by atoms with Crippen LogP contribution < -0.4 is 5.73 Å². The van der Waals surface area contributed by atoms with Gasteiger partial charge in [0, 0.05) is 13.2 Å². The van der Waals surface area contributed by atoms with Gasteiger partial charge in [0.05, 0.1) is 6.10 Å². The average Bonchev–Trinajstić information content (AvgIpc) is 2.32. The van der Waals surface area contributed by atoms with Crippen LogP contribution in [0.25, 0.3) is 0 Å². The van der Waals surface area contributed by atoms with Gasteiger partial charge in [0.25, 0.3) is 0 Å². The molecule has 16 heavy (non-hydrogen) atoms. The van der Waals surface area contributed by atoms with Crippen LogP contribution in [0.3, 0.4) is 0 Å². The summed E-state index contributed by atoms with van der Waals surface area (Å²) >= 11 is 0. The van der Waals surface area contributed by atoms with Crippen LogP contribution in [-0.2, 0) is 4.74 Å². The summed E-state index contributed by atoms with van der Waals surface area (Å²) in [5.74, 6) is 0. The number of hydrogen-bond acceptors (Lipinski definition) is 2. The van der Waals surface area contributed by atoms with E-state index in [0.717, 1.165) is 6.42 Å². The fourth-order valence-electron chi connectivity index (χ4n) is 1.98. The first kappa shape index (κ1) is 13.2. The molecule has 0 aliphatic carbocycles. The first-order chi connectivity index (χ1) is 7.79. The van der Waals surface area contributed by atoms with Gasteiger partial charge in [-0.2, -0.15) is 0 Å². The second-order valence-corrected chi connectivity index (χ2v) is 4.23. The molecule has 2 nitrogen and oxygen atoms in total. The molecule has 2 N–H and O–H groups in total. The lowest BCUT2D eigenvalue weighted by Crippen LogP contribution is -2.29. The minimum atomic E-state index is 0.0260. The highest BCUT2D eigenvalue weighted by molar-refractivity contribution is 5.19. The number of nitrogens with two attached hydrogens (primary N) is 1. The third-order valence-corrected chi connectivity index (χ3v) is 2.91. The van der Waals surface area contributed by atoms with Gasteiger partial charge < -0.3 is 10.5 Å². The topological polar surface area (TPSA) is 35.2 Å². The van der Waals surface area contributed by atoms with Crippen molar-refractivity contribution in [3.05, 3.63) is 35.9 Å². The fourth-order valence-corrected chi connectivity index (χ4v) is 1.98. The third-order valence-electron chi connectivity index (χ3n) is 2.91. The SMILES string of the molecule is CCCCCC(N)C(OC)c1ccccc1. The molecule has 2 atom stereocenters. The van der Waals surface area contributed by atoms with E-state index in [9.17, 15) is 0 Å². The van der Waals surface area contributed by atoms with Gasteiger partial charge in [-0.05, 0) is 12.0 Å². The Bertz CT molecular complexity index is 273. The van der Waals surface area contributed by atoms with E-state index in [-0.39, 0.29) is 12.1 Å². The highest BCUT2D eigenvalue weighted by Gasteiger charge is 2.18. The minimum Gasteiger partial charge on any atom is -0.375 e. The zero-order chi connectivity index (χ0) is 11.8. The summed E-state index contributed by atoms with van der Waals surface area (Å²) in [6.45, 7) is 2.20. The van der Waals surface area contributed by atoms with Crippen molar-refractivity contribution in [3.8, 4) is 0 Å². The molecule has 0 spiro atoms. The smallest absolute Gasteiger partial charge is 0.0971 e. The fraction of sp³-hybridized carbons (Fsp3) is 0.571. The molecule has 0 saturated heterocycles. The first-order valence-corrected chi connectivity index (χ1v) is 6.13. The van der Waals surface area contributed by atoms with Crippen LogP contribution in [0, 0.1) is 0 Å². The van der Waals surface area contributed by atoms with E-state index in [1.54, 1.807) is 7.11 Å². The molecule has 0 aliphatic rings. The summed E-state index contributed by atoms with van der Waals surface area (Å²) in [6.07, 6.45) is 4.72. The van der Waals surface area contributed by atoms with Gasteiger partial charge in [0.15, 0.2) is 0 Å². The van der Waals surface area contributed by atoms with Gasteiger partial charge in [0.1, 0.15) is 0 Å². The summed E-state index contributed by atoms with van der Waals surface area (Å²) in [7, 11) is 1.73. The Morgan fingerprint density at radius 3 is 2.44 bits per heavy atom. The Hall–Kier alpha value is -0.860. The van der Waals surface area contributed by atoms with Crippen LogP contribution in [0.2, 0.25) is 0 Å². The van der Waals surface area contributed by atoms with Crippen molar-refractivity contribution < 1.29 is 4.74 Å². The van der Waals surface area contributed by atoms with Crippen LogP contribution >= 0.6 is 0 Å². The van der Waals surface area contributed by atoms with Crippen LogP contribution in [-0.4, -0.2) is 13.2 Å². The van der Waals surface area contributed by atoms with Crippen molar-refractivity contribution in [1.82, 2.24) is 0 Å². The summed E-state index contributed by atoms with van der Waals surface area (Å²) in [5.41, 5.74) is 7.35. The van der Waals surface area contributed by atoms with Crippen molar-refractivity contribution in [2.75, 3.05) is 7.11 Å². The van der Waals surface area contributed by atoms with E-state index in [2.05, 4.69) is 19.1 Å². The lowest BCUT2D eigenvalue weighted by molar-refractivity contribution is 0.0768. The zero-order valence-corrected chi connectivity index (χ0v) is 10.4. The molecule has 0 amide bonds. The molecule has 1 rings (SSSR count). The third kappa shape index (κ3) is 3.95. The molecule has 0 heterocycles. The summed E-state index contributed by atoms with van der Waals surface area (Å²) in [4.78, 5) is 0. The highest BCUT2D eigenvalue weighted by Crippen LogP contribution is 2.22. The lowest BCUT2D eigenvalue weighted by Gasteiger charge is -2.22. The van der Waals surface area contributed by atoms with Gasteiger partial charge in [0.2, 0.25) is 0 Å². The van der Waals surface area contributed by atoms with Gasteiger partial charge in [-0.15, -0.1) is 0 Å². The predicted molar refractivity (Wildman–Crippen MR) is 68.3 cm³/mol. The molecule has 2 heteroatoms. The molecular weight excluding hydrogens is 198 g/mol. The van der Waals surface area contributed by atoms with Crippen LogP contribution in [0.5, 0.6) is 0 Å². The number of ether oxygens (including phenoxy) is 1.